The molecular weight excluding hydrogens is 449 g/mol. The molecule has 0 amide bonds. The van der Waals surface area contributed by atoms with E-state index in [0.717, 1.165) is 36.0 Å². The number of hydrogen-bond acceptors (Lipinski definition) is 4. The molecule has 2 aromatic rings. The van der Waals surface area contributed by atoms with Crippen molar-refractivity contribution in [3.8, 4) is 11.5 Å². The zero-order valence-electron chi connectivity index (χ0n) is 15.8. The van der Waals surface area contributed by atoms with Gasteiger partial charge < -0.3 is 19.5 Å². The summed E-state index contributed by atoms with van der Waals surface area (Å²) in [7, 11) is 0. The number of nitrogens with one attached hydrogen (secondary N) is 1. The Bertz CT molecular complexity index is 779. The summed E-state index contributed by atoms with van der Waals surface area (Å²) in [6, 6.07) is 8.50. The van der Waals surface area contributed by atoms with E-state index in [-0.39, 0.29) is 6.61 Å². The molecule has 152 valence electrons. The Morgan fingerprint density at radius 3 is 2.89 bits per heavy atom. The molecule has 28 heavy (non-hydrogen) atoms. The summed E-state index contributed by atoms with van der Waals surface area (Å²) in [4.78, 5) is 0. The topological polar surface area (TPSA) is 39.7 Å². The summed E-state index contributed by atoms with van der Waals surface area (Å²) < 4.78 is 32.0. The minimum Gasteiger partial charge on any atom is -0.490 e. The fourth-order valence-corrected chi connectivity index (χ4v) is 3.95. The molecule has 1 atom stereocenters. The highest BCUT2D eigenvalue weighted by Crippen LogP contribution is 2.38. The first-order valence-electron chi connectivity index (χ1n) is 9.41. The molecule has 1 N–H and O–H groups in total. The van der Waals surface area contributed by atoms with Crippen LogP contribution in [0.4, 0.5) is 4.39 Å². The van der Waals surface area contributed by atoms with Crippen molar-refractivity contribution in [2.75, 3.05) is 19.8 Å². The molecule has 2 aromatic carbocycles. The van der Waals surface area contributed by atoms with Gasteiger partial charge in [0, 0.05) is 25.3 Å². The molecule has 0 spiro atoms. The summed E-state index contributed by atoms with van der Waals surface area (Å²) in [5.41, 5.74) is 1.38. The van der Waals surface area contributed by atoms with Gasteiger partial charge in [-0.2, -0.15) is 0 Å². The lowest BCUT2D eigenvalue weighted by molar-refractivity contribution is 0.110. The van der Waals surface area contributed by atoms with Crippen LogP contribution in [0.3, 0.4) is 0 Å². The fraction of sp³-hybridized carbons (Fsp3) is 0.429. The smallest absolute Gasteiger partial charge is 0.175 e. The quantitative estimate of drug-likeness (QED) is 0.524. The first-order valence-corrected chi connectivity index (χ1v) is 10.6. The van der Waals surface area contributed by atoms with E-state index in [2.05, 4.69) is 21.2 Å². The molecule has 1 heterocycles. The van der Waals surface area contributed by atoms with Crippen molar-refractivity contribution in [1.29, 1.82) is 0 Å². The zero-order chi connectivity index (χ0) is 19.9. The molecule has 0 saturated carbocycles. The molecule has 0 aromatic heterocycles. The van der Waals surface area contributed by atoms with Gasteiger partial charge in [-0.15, -0.1) is 0 Å². The minimum atomic E-state index is -0.392. The van der Waals surface area contributed by atoms with Gasteiger partial charge in [0.2, 0.25) is 0 Å². The van der Waals surface area contributed by atoms with Gasteiger partial charge in [0.1, 0.15) is 12.4 Å². The molecule has 4 nitrogen and oxygen atoms in total. The van der Waals surface area contributed by atoms with Gasteiger partial charge in [0.15, 0.2) is 11.5 Å². The molecule has 0 bridgehead atoms. The van der Waals surface area contributed by atoms with E-state index >= 15 is 0 Å². The van der Waals surface area contributed by atoms with E-state index < -0.39 is 5.82 Å². The van der Waals surface area contributed by atoms with Crippen LogP contribution in [0.1, 0.15) is 30.9 Å². The van der Waals surface area contributed by atoms with Crippen molar-refractivity contribution in [2.24, 2.45) is 0 Å². The minimum absolute atomic E-state index is 0.0147. The molecule has 1 saturated heterocycles. The second-order valence-corrected chi connectivity index (χ2v) is 7.85. The lowest BCUT2D eigenvalue weighted by Crippen LogP contribution is -2.25. The van der Waals surface area contributed by atoms with Crippen molar-refractivity contribution in [3.63, 3.8) is 0 Å². The number of benzene rings is 2. The van der Waals surface area contributed by atoms with Crippen LogP contribution in [-0.2, 0) is 17.9 Å². The van der Waals surface area contributed by atoms with Crippen LogP contribution < -0.4 is 14.8 Å². The maximum atomic E-state index is 14.0. The largest absolute Gasteiger partial charge is 0.490 e. The van der Waals surface area contributed by atoms with Gasteiger partial charge in [0.25, 0.3) is 0 Å². The Balaban J connectivity index is 1.69. The second-order valence-electron chi connectivity index (χ2n) is 6.59. The Hall–Kier alpha value is -1.34. The van der Waals surface area contributed by atoms with E-state index in [1.54, 1.807) is 12.1 Å². The SMILES string of the molecule is CCOc1cc(CNC[C@@H]2CCCO2)cc(Br)c1OCc1c(F)cccc1Cl. The molecule has 1 aliphatic rings. The lowest BCUT2D eigenvalue weighted by Gasteiger charge is -2.17. The van der Waals surface area contributed by atoms with Gasteiger partial charge in [-0.3, -0.25) is 0 Å². The van der Waals surface area contributed by atoms with Crippen molar-refractivity contribution < 1.29 is 18.6 Å². The number of rotatable bonds is 9. The van der Waals surface area contributed by atoms with Crippen molar-refractivity contribution in [1.82, 2.24) is 5.32 Å². The Labute approximate surface area is 178 Å². The Morgan fingerprint density at radius 1 is 1.32 bits per heavy atom. The third-order valence-electron chi connectivity index (χ3n) is 4.52. The van der Waals surface area contributed by atoms with Crippen LogP contribution in [-0.4, -0.2) is 25.9 Å². The van der Waals surface area contributed by atoms with Crippen molar-refractivity contribution in [3.05, 3.63) is 56.8 Å². The third-order valence-corrected chi connectivity index (χ3v) is 5.46. The van der Waals surface area contributed by atoms with Crippen LogP contribution in [0.2, 0.25) is 5.02 Å². The number of ether oxygens (including phenoxy) is 3. The van der Waals surface area contributed by atoms with E-state index in [4.69, 9.17) is 25.8 Å². The standard InChI is InChI=1S/C21H24BrClFNO3/c1-2-26-20-10-14(11-25-12-15-5-4-8-27-15)9-17(22)21(20)28-13-16-18(23)6-3-7-19(16)24/h3,6-7,9-10,15,25H,2,4-5,8,11-13H2,1H3/t15-/m0/s1. The highest BCUT2D eigenvalue weighted by molar-refractivity contribution is 9.10. The van der Waals surface area contributed by atoms with Crippen LogP contribution in [0.5, 0.6) is 11.5 Å². The van der Waals surface area contributed by atoms with E-state index in [1.807, 2.05) is 19.1 Å². The van der Waals surface area contributed by atoms with E-state index in [0.29, 0.717) is 41.3 Å². The first kappa shape index (κ1) is 21.4. The maximum absolute atomic E-state index is 14.0. The predicted molar refractivity (Wildman–Crippen MR) is 112 cm³/mol. The van der Waals surface area contributed by atoms with E-state index in [1.165, 1.54) is 6.07 Å². The Kier molecular flexibility index (Phi) is 7.97. The number of hydrogen-bond donors (Lipinski definition) is 1. The van der Waals surface area contributed by atoms with Crippen molar-refractivity contribution >= 4 is 27.5 Å². The molecular formula is C21H24BrClFNO3. The summed E-state index contributed by atoms with van der Waals surface area (Å²) in [6.07, 6.45) is 2.53. The predicted octanol–water partition coefficient (Wildman–Crippen LogP) is 5.49. The van der Waals surface area contributed by atoms with Gasteiger partial charge in [-0.1, -0.05) is 17.7 Å². The maximum Gasteiger partial charge on any atom is 0.175 e. The molecule has 0 unspecified atom stereocenters. The van der Waals surface area contributed by atoms with Gasteiger partial charge in [0.05, 0.1) is 22.2 Å². The monoisotopic (exact) mass is 471 g/mol. The average molecular weight is 473 g/mol. The van der Waals surface area contributed by atoms with Gasteiger partial charge >= 0.3 is 0 Å². The van der Waals surface area contributed by atoms with Crippen LogP contribution >= 0.6 is 27.5 Å². The van der Waals surface area contributed by atoms with Crippen molar-refractivity contribution in [2.45, 2.75) is 39.0 Å². The van der Waals surface area contributed by atoms with Crippen LogP contribution in [0, 0.1) is 5.82 Å². The molecule has 3 rings (SSSR count). The summed E-state index contributed by atoms with van der Waals surface area (Å²) in [5, 5.41) is 3.76. The van der Waals surface area contributed by atoms with Gasteiger partial charge in [-0.25, -0.2) is 4.39 Å². The first-order chi connectivity index (χ1) is 13.6. The third kappa shape index (κ3) is 5.60. The molecule has 1 aliphatic heterocycles. The highest BCUT2D eigenvalue weighted by atomic mass is 79.9. The summed E-state index contributed by atoms with van der Waals surface area (Å²) in [6.45, 7) is 4.79. The molecule has 0 radical (unpaired) electrons. The van der Waals surface area contributed by atoms with E-state index in [9.17, 15) is 4.39 Å². The summed E-state index contributed by atoms with van der Waals surface area (Å²) in [5.74, 6) is 0.749. The zero-order valence-corrected chi connectivity index (χ0v) is 18.1. The molecule has 1 fully saturated rings. The second kappa shape index (κ2) is 10.4. The van der Waals surface area contributed by atoms with Crippen LogP contribution in [0.15, 0.2) is 34.8 Å². The number of halogens is 3. The Morgan fingerprint density at radius 2 is 2.18 bits per heavy atom. The average Bonchev–Trinajstić information content (AvgIpc) is 3.17. The molecule has 0 aliphatic carbocycles. The summed E-state index contributed by atoms with van der Waals surface area (Å²) >= 11 is 9.64. The molecule has 7 heteroatoms. The lowest BCUT2D eigenvalue weighted by atomic mass is 10.2. The fourth-order valence-electron chi connectivity index (χ4n) is 3.12. The van der Waals surface area contributed by atoms with Crippen LogP contribution in [0.25, 0.3) is 0 Å². The normalized spacial score (nSPS) is 16.4. The van der Waals surface area contributed by atoms with Gasteiger partial charge in [-0.05, 0) is 65.5 Å². The highest BCUT2D eigenvalue weighted by Gasteiger charge is 2.17.